The molecule has 1 heterocycles. The number of hydrogen-bond donors (Lipinski definition) is 0. The Labute approximate surface area is 90.5 Å². The first kappa shape index (κ1) is 10.2. The molecule has 2 rings (SSSR count). The standard InChI is InChI=1S/C11H7FN2O2/c12-10-3-1-2-9(11(10)14(15)16)8-4-6-13-7-5-8/h1-7H. The van der Waals surface area contributed by atoms with Crippen LogP contribution in [0, 0.1) is 15.9 Å². The number of rotatable bonds is 2. The van der Waals surface area contributed by atoms with Crippen LogP contribution in [0.25, 0.3) is 11.1 Å². The van der Waals surface area contributed by atoms with Crippen molar-refractivity contribution in [1.29, 1.82) is 0 Å². The fourth-order valence-corrected chi connectivity index (χ4v) is 1.47. The Morgan fingerprint density at radius 3 is 2.50 bits per heavy atom. The highest BCUT2D eigenvalue weighted by molar-refractivity contribution is 5.73. The molecular formula is C11H7FN2O2. The van der Waals surface area contributed by atoms with Crippen LogP contribution >= 0.6 is 0 Å². The summed E-state index contributed by atoms with van der Waals surface area (Å²) in [6, 6.07) is 7.22. The van der Waals surface area contributed by atoms with Gasteiger partial charge in [-0.15, -0.1) is 0 Å². The molecule has 4 nitrogen and oxygen atoms in total. The van der Waals surface area contributed by atoms with E-state index in [0.717, 1.165) is 6.07 Å². The third-order valence-electron chi connectivity index (χ3n) is 2.16. The minimum atomic E-state index is -0.834. The maximum atomic E-state index is 13.3. The highest BCUT2D eigenvalue weighted by atomic mass is 19.1. The second kappa shape index (κ2) is 4.06. The second-order valence-electron chi connectivity index (χ2n) is 3.13. The van der Waals surface area contributed by atoms with Crippen molar-refractivity contribution >= 4 is 5.69 Å². The topological polar surface area (TPSA) is 56.0 Å². The van der Waals surface area contributed by atoms with Gasteiger partial charge in [0, 0.05) is 12.4 Å². The van der Waals surface area contributed by atoms with E-state index in [2.05, 4.69) is 4.98 Å². The monoisotopic (exact) mass is 218 g/mol. The average molecular weight is 218 g/mol. The van der Waals surface area contributed by atoms with E-state index in [1.165, 1.54) is 24.5 Å². The minimum absolute atomic E-state index is 0.257. The van der Waals surface area contributed by atoms with Gasteiger partial charge < -0.3 is 0 Å². The largest absolute Gasteiger partial charge is 0.312 e. The van der Waals surface area contributed by atoms with Crippen molar-refractivity contribution in [2.75, 3.05) is 0 Å². The third kappa shape index (κ3) is 1.75. The second-order valence-corrected chi connectivity index (χ2v) is 3.13. The Hall–Kier alpha value is -2.30. The van der Waals surface area contributed by atoms with Crippen LogP contribution in [0.5, 0.6) is 0 Å². The van der Waals surface area contributed by atoms with Gasteiger partial charge in [-0.1, -0.05) is 6.07 Å². The highest BCUT2D eigenvalue weighted by Gasteiger charge is 2.20. The van der Waals surface area contributed by atoms with E-state index in [1.807, 2.05) is 0 Å². The molecule has 1 aromatic carbocycles. The Balaban J connectivity index is 2.66. The quantitative estimate of drug-likeness (QED) is 0.575. The predicted molar refractivity (Wildman–Crippen MR) is 56.3 cm³/mol. The summed E-state index contributed by atoms with van der Waals surface area (Å²) in [4.78, 5) is 13.9. The average Bonchev–Trinajstić information content (AvgIpc) is 2.29. The molecule has 80 valence electrons. The molecule has 0 bridgehead atoms. The summed E-state index contributed by atoms with van der Waals surface area (Å²) in [5, 5.41) is 10.8. The molecule has 2 aromatic rings. The van der Waals surface area contributed by atoms with Crippen molar-refractivity contribution < 1.29 is 9.31 Å². The Morgan fingerprint density at radius 2 is 1.88 bits per heavy atom. The molecular weight excluding hydrogens is 211 g/mol. The molecule has 0 saturated carbocycles. The van der Waals surface area contributed by atoms with Gasteiger partial charge in [0.15, 0.2) is 0 Å². The molecule has 1 aromatic heterocycles. The summed E-state index contributed by atoms with van der Waals surface area (Å²) in [5.74, 6) is -0.834. The predicted octanol–water partition coefficient (Wildman–Crippen LogP) is 2.80. The van der Waals surface area contributed by atoms with E-state index < -0.39 is 16.4 Å². The molecule has 0 aliphatic rings. The van der Waals surface area contributed by atoms with Crippen LogP contribution in [0.15, 0.2) is 42.7 Å². The number of halogens is 1. The summed E-state index contributed by atoms with van der Waals surface area (Å²) in [7, 11) is 0. The van der Waals surface area contributed by atoms with Crippen molar-refractivity contribution in [2.45, 2.75) is 0 Å². The van der Waals surface area contributed by atoms with Gasteiger partial charge in [0.05, 0.1) is 10.5 Å². The summed E-state index contributed by atoms with van der Waals surface area (Å²) < 4.78 is 13.3. The van der Waals surface area contributed by atoms with E-state index in [9.17, 15) is 14.5 Å². The molecule has 0 N–H and O–H groups in total. The van der Waals surface area contributed by atoms with Crippen molar-refractivity contribution in [2.24, 2.45) is 0 Å². The van der Waals surface area contributed by atoms with Gasteiger partial charge in [-0.2, -0.15) is 4.39 Å². The van der Waals surface area contributed by atoms with Gasteiger partial charge >= 0.3 is 5.69 Å². The summed E-state index contributed by atoms with van der Waals surface area (Å²) in [6.07, 6.45) is 3.01. The van der Waals surface area contributed by atoms with E-state index >= 15 is 0 Å². The van der Waals surface area contributed by atoms with Crippen LogP contribution < -0.4 is 0 Å². The van der Waals surface area contributed by atoms with Crippen LogP contribution in [0.1, 0.15) is 0 Å². The van der Waals surface area contributed by atoms with Crippen molar-refractivity contribution in [1.82, 2.24) is 4.98 Å². The van der Waals surface area contributed by atoms with E-state index in [4.69, 9.17) is 0 Å². The first-order valence-electron chi connectivity index (χ1n) is 4.53. The lowest BCUT2D eigenvalue weighted by Crippen LogP contribution is -1.95. The Morgan fingerprint density at radius 1 is 1.19 bits per heavy atom. The Bertz CT molecular complexity index is 529. The van der Waals surface area contributed by atoms with E-state index in [0.29, 0.717) is 5.56 Å². The summed E-state index contributed by atoms with van der Waals surface area (Å²) in [6.45, 7) is 0. The van der Waals surface area contributed by atoms with Gasteiger partial charge in [0.25, 0.3) is 0 Å². The first-order chi connectivity index (χ1) is 7.70. The molecule has 0 spiro atoms. The molecule has 0 aliphatic heterocycles. The molecule has 0 atom stereocenters. The number of pyridine rings is 1. The zero-order valence-electron chi connectivity index (χ0n) is 8.13. The van der Waals surface area contributed by atoms with Crippen LogP contribution in [0.2, 0.25) is 0 Å². The van der Waals surface area contributed by atoms with Crippen LogP contribution in [-0.2, 0) is 0 Å². The number of nitrogens with zero attached hydrogens (tertiary/aromatic N) is 2. The molecule has 0 amide bonds. The summed E-state index contributed by atoms with van der Waals surface area (Å²) in [5.41, 5.74) is 0.322. The van der Waals surface area contributed by atoms with Crippen LogP contribution in [0.4, 0.5) is 10.1 Å². The number of aromatic nitrogens is 1. The van der Waals surface area contributed by atoms with Gasteiger partial charge in [-0.25, -0.2) is 0 Å². The van der Waals surface area contributed by atoms with Gasteiger partial charge in [-0.3, -0.25) is 15.1 Å². The van der Waals surface area contributed by atoms with Crippen molar-refractivity contribution in [3.8, 4) is 11.1 Å². The lowest BCUT2D eigenvalue weighted by atomic mass is 10.1. The maximum absolute atomic E-state index is 13.3. The maximum Gasteiger partial charge on any atom is 0.312 e. The molecule has 0 fully saturated rings. The number of benzene rings is 1. The lowest BCUT2D eigenvalue weighted by Gasteiger charge is -2.02. The highest BCUT2D eigenvalue weighted by Crippen LogP contribution is 2.31. The van der Waals surface area contributed by atoms with Crippen molar-refractivity contribution in [3.05, 3.63) is 58.7 Å². The van der Waals surface area contributed by atoms with Crippen LogP contribution in [-0.4, -0.2) is 9.91 Å². The third-order valence-corrected chi connectivity index (χ3v) is 2.16. The van der Waals surface area contributed by atoms with Gasteiger partial charge in [-0.05, 0) is 29.8 Å². The SMILES string of the molecule is O=[N+]([O-])c1c(F)cccc1-c1ccncc1. The van der Waals surface area contributed by atoms with E-state index in [-0.39, 0.29) is 5.56 Å². The number of para-hydroxylation sites is 1. The lowest BCUT2D eigenvalue weighted by molar-refractivity contribution is -0.386. The number of hydrogen-bond acceptors (Lipinski definition) is 3. The molecule has 0 saturated heterocycles. The molecule has 0 aliphatic carbocycles. The number of nitro benzene ring substituents is 1. The fourth-order valence-electron chi connectivity index (χ4n) is 1.47. The molecule has 0 radical (unpaired) electrons. The van der Waals surface area contributed by atoms with Gasteiger partial charge in [0.2, 0.25) is 5.82 Å². The van der Waals surface area contributed by atoms with Crippen molar-refractivity contribution in [3.63, 3.8) is 0 Å². The first-order valence-corrected chi connectivity index (χ1v) is 4.53. The zero-order chi connectivity index (χ0) is 11.5. The minimum Gasteiger partial charge on any atom is -0.265 e. The van der Waals surface area contributed by atoms with E-state index in [1.54, 1.807) is 12.1 Å². The number of nitro groups is 1. The molecule has 16 heavy (non-hydrogen) atoms. The molecule has 5 heteroatoms. The Kier molecular flexibility index (Phi) is 2.59. The normalized spacial score (nSPS) is 10.1. The smallest absolute Gasteiger partial charge is 0.265 e. The fraction of sp³-hybridized carbons (Fsp3) is 0. The van der Waals surface area contributed by atoms with Gasteiger partial charge in [0.1, 0.15) is 0 Å². The molecule has 0 unspecified atom stereocenters. The zero-order valence-corrected chi connectivity index (χ0v) is 8.13. The van der Waals surface area contributed by atoms with Crippen LogP contribution in [0.3, 0.4) is 0 Å². The summed E-state index contributed by atoms with van der Waals surface area (Å²) >= 11 is 0.